The molecule has 0 saturated heterocycles. The van der Waals surface area contributed by atoms with Gasteiger partial charge in [-0.1, -0.05) is 156 Å². The number of carbonyl (C=O) groups is 2. The molecule has 2 aliphatic carbocycles. The molecule has 8 aromatic rings. The number of benzene rings is 8. The first kappa shape index (κ1) is 36.7. The van der Waals surface area contributed by atoms with Crippen molar-refractivity contribution in [3.05, 3.63) is 130 Å². The number of carbonyl (C=O) groups excluding carboxylic acids is 2. The monoisotopic (exact) mass is 756 g/mol. The molecule has 0 aromatic heterocycles. The van der Waals surface area contributed by atoms with Crippen molar-refractivity contribution in [3.63, 3.8) is 0 Å². The van der Waals surface area contributed by atoms with E-state index in [-0.39, 0.29) is 33.2 Å². The summed E-state index contributed by atoms with van der Waals surface area (Å²) in [4.78, 5) is 28.4. The highest BCUT2D eigenvalue weighted by atomic mass is 16.1. The molecule has 288 valence electrons. The van der Waals surface area contributed by atoms with E-state index in [9.17, 15) is 9.59 Å². The molecule has 58 heavy (non-hydrogen) atoms. The van der Waals surface area contributed by atoms with E-state index < -0.39 is 0 Å². The van der Waals surface area contributed by atoms with Crippen molar-refractivity contribution in [1.82, 2.24) is 0 Å². The Hall–Kier alpha value is -5.60. The fourth-order valence-corrected chi connectivity index (χ4v) is 10.5. The summed E-state index contributed by atoms with van der Waals surface area (Å²) in [5.74, 6) is 0.305. The largest absolute Gasteiger partial charge is 0.289 e. The lowest BCUT2D eigenvalue weighted by Crippen LogP contribution is -2.29. The maximum Gasteiger partial charge on any atom is 0.186 e. The number of allylic oxidation sites excluding steroid dienone is 8. The van der Waals surface area contributed by atoms with Crippen molar-refractivity contribution in [2.75, 3.05) is 0 Å². The molecule has 10 rings (SSSR count). The van der Waals surface area contributed by atoms with Crippen LogP contribution in [0, 0.1) is 21.7 Å². The quantitative estimate of drug-likeness (QED) is 0.114. The van der Waals surface area contributed by atoms with Gasteiger partial charge in [0.15, 0.2) is 11.6 Å². The zero-order valence-corrected chi connectivity index (χ0v) is 36.1. The average Bonchev–Trinajstić information content (AvgIpc) is 3.14. The third-order valence-electron chi connectivity index (χ3n) is 13.2. The molecule has 8 aromatic carbocycles. The molecule has 0 heterocycles. The van der Waals surface area contributed by atoms with E-state index in [1.807, 2.05) is 0 Å². The summed E-state index contributed by atoms with van der Waals surface area (Å²) in [7, 11) is 0. The van der Waals surface area contributed by atoms with Gasteiger partial charge in [0.1, 0.15) is 0 Å². The molecule has 0 saturated carbocycles. The van der Waals surface area contributed by atoms with Gasteiger partial charge >= 0.3 is 0 Å². The minimum absolute atomic E-state index is 0.152. The van der Waals surface area contributed by atoms with E-state index >= 15 is 0 Å². The number of ketones is 2. The highest BCUT2D eigenvalue weighted by Crippen LogP contribution is 2.50. The standard InChI is InChI=1S/C56H52O2/c1-53(2,3)39-25-29(26-40(51(39)57)54(4,5)6)43-35-21-13-17-31-33-19-15-23-37-44(30-27-41(55(7,8)9)52(58)42(28-30)56(10,11)12)38-24-16-20-34-32-18-14-22-36(43)46(32)49(45(31)35)50(47(33)37)48(34)38/h13-28H,1-12H3. The maximum absolute atomic E-state index is 14.2. The van der Waals surface area contributed by atoms with Crippen molar-refractivity contribution in [2.24, 2.45) is 21.7 Å². The van der Waals surface area contributed by atoms with Gasteiger partial charge in [-0.2, -0.15) is 0 Å². The molecular weight excluding hydrogens is 705 g/mol. The van der Waals surface area contributed by atoms with Crippen LogP contribution in [0.3, 0.4) is 0 Å². The van der Waals surface area contributed by atoms with Gasteiger partial charge in [0.05, 0.1) is 0 Å². The van der Waals surface area contributed by atoms with E-state index in [4.69, 9.17) is 0 Å². The van der Waals surface area contributed by atoms with Crippen LogP contribution >= 0.6 is 0 Å². The molecule has 2 heteroatoms. The summed E-state index contributed by atoms with van der Waals surface area (Å²) < 4.78 is 0. The van der Waals surface area contributed by atoms with E-state index in [0.717, 1.165) is 33.4 Å². The van der Waals surface area contributed by atoms with Crippen LogP contribution in [0.4, 0.5) is 0 Å². The summed E-state index contributed by atoms with van der Waals surface area (Å²) in [6, 6.07) is 27.3. The lowest BCUT2D eigenvalue weighted by molar-refractivity contribution is -0.114. The summed E-state index contributed by atoms with van der Waals surface area (Å²) in [6.07, 6.45) is 8.78. The van der Waals surface area contributed by atoms with Gasteiger partial charge in [0, 0.05) is 22.3 Å². The molecule has 0 N–H and O–H groups in total. The molecule has 0 spiro atoms. The van der Waals surface area contributed by atoms with Crippen molar-refractivity contribution >= 4 is 98.1 Å². The number of hydrogen-bond donors (Lipinski definition) is 0. The summed E-state index contributed by atoms with van der Waals surface area (Å²) in [6.45, 7) is 25.9. The molecule has 2 aliphatic rings. The van der Waals surface area contributed by atoms with Gasteiger partial charge in [0.2, 0.25) is 0 Å². The SMILES string of the molecule is CC(C)(C)C1=CC(=c2c3cccc4c5cccc6c(=C7C=C(C(C)(C)C)C(=O)C(C(C)(C)C)=C7)c7cccc8c9cccc2c9c(c34)c(c65)c78)C=C(C(C)(C)C)C1=O. The van der Waals surface area contributed by atoms with Crippen LogP contribution in [0.1, 0.15) is 83.1 Å². The number of Topliss-reactive ketones (excluding diaryl/α,β-unsaturated/α-hetero) is 2. The maximum atomic E-state index is 14.2. The Balaban J connectivity index is 1.51. The first-order chi connectivity index (χ1) is 27.2. The Morgan fingerprint density at radius 1 is 0.293 bits per heavy atom. The molecule has 0 radical (unpaired) electrons. The Labute approximate surface area is 341 Å². The van der Waals surface area contributed by atoms with Gasteiger partial charge < -0.3 is 0 Å². The molecule has 0 atom stereocenters. The lowest BCUT2D eigenvalue weighted by atomic mass is 9.71. The Morgan fingerprint density at radius 3 is 0.707 bits per heavy atom. The zero-order chi connectivity index (χ0) is 41.2. The van der Waals surface area contributed by atoms with Crippen LogP contribution in [0.5, 0.6) is 0 Å². The highest BCUT2D eigenvalue weighted by molar-refractivity contribution is 6.49. The second kappa shape index (κ2) is 11.5. The normalized spacial score (nSPS) is 16.7. The minimum Gasteiger partial charge on any atom is -0.289 e. The molecule has 2 nitrogen and oxygen atoms in total. The van der Waals surface area contributed by atoms with E-state index in [1.54, 1.807) is 0 Å². The fraction of sp³-hybridized carbons (Fsp3) is 0.286. The molecule has 0 amide bonds. The fourth-order valence-electron chi connectivity index (χ4n) is 10.5. The Kier molecular flexibility index (Phi) is 7.30. The van der Waals surface area contributed by atoms with E-state index in [0.29, 0.717) is 0 Å². The molecule has 0 bridgehead atoms. The van der Waals surface area contributed by atoms with Crippen LogP contribution < -0.4 is 10.4 Å². The molecule has 0 aliphatic heterocycles. The molecular formula is C56H52O2. The van der Waals surface area contributed by atoms with Crippen LogP contribution in [0.25, 0.3) is 86.6 Å². The number of rotatable bonds is 0. The Morgan fingerprint density at radius 2 is 0.500 bits per heavy atom. The average molecular weight is 757 g/mol. The third kappa shape index (κ3) is 4.90. The van der Waals surface area contributed by atoms with Gasteiger partial charge in [0.25, 0.3) is 0 Å². The van der Waals surface area contributed by atoms with Crippen LogP contribution in [-0.2, 0) is 9.59 Å². The topological polar surface area (TPSA) is 34.1 Å². The first-order valence-corrected chi connectivity index (χ1v) is 20.9. The number of fused-ring (bicyclic) bond motifs is 2. The minimum atomic E-state index is -0.321. The van der Waals surface area contributed by atoms with Crippen LogP contribution in [-0.4, -0.2) is 11.6 Å². The van der Waals surface area contributed by atoms with Gasteiger partial charge in [-0.25, -0.2) is 0 Å². The van der Waals surface area contributed by atoms with Gasteiger partial charge in [-0.3, -0.25) is 9.59 Å². The Bertz CT molecular complexity index is 2970. The lowest BCUT2D eigenvalue weighted by Gasteiger charge is -2.32. The summed E-state index contributed by atoms with van der Waals surface area (Å²) in [5.41, 5.74) is 4.35. The van der Waals surface area contributed by atoms with Crippen LogP contribution in [0.15, 0.2) is 119 Å². The smallest absolute Gasteiger partial charge is 0.186 e. The van der Waals surface area contributed by atoms with E-state index in [2.05, 4.69) is 180 Å². The van der Waals surface area contributed by atoms with Crippen molar-refractivity contribution in [3.8, 4) is 0 Å². The van der Waals surface area contributed by atoms with Gasteiger partial charge in [-0.15, -0.1) is 0 Å². The second-order valence-electron chi connectivity index (χ2n) is 21.2. The molecule has 0 fully saturated rings. The van der Waals surface area contributed by atoms with Gasteiger partial charge in [-0.05, 0) is 143 Å². The summed E-state index contributed by atoms with van der Waals surface area (Å²) >= 11 is 0. The number of hydrogen-bond acceptors (Lipinski definition) is 2. The first-order valence-electron chi connectivity index (χ1n) is 20.9. The second-order valence-corrected chi connectivity index (χ2v) is 21.2. The predicted octanol–water partition coefficient (Wildman–Crippen LogP) is 13.4. The van der Waals surface area contributed by atoms with E-state index in [1.165, 1.54) is 85.8 Å². The van der Waals surface area contributed by atoms with Crippen molar-refractivity contribution in [1.29, 1.82) is 0 Å². The zero-order valence-electron chi connectivity index (χ0n) is 36.1. The third-order valence-corrected chi connectivity index (χ3v) is 13.2. The van der Waals surface area contributed by atoms with Crippen molar-refractivity contribution < 1.29 is 9.59 Å². The molecule has 0 unspecified atom stereocenters. The highest BCUT2D eigenvalue weighted by Gasteiger charge is 2.36. The summed E-state index contributed by atoms with van der Waals surface area (Å²) in [5, 5.41) is 19.9. The van der Waals surface area contributed by atoms with Crippen LogP contribution in [0.2, 0.25) is 0 Å². The van der Waals surface area contributed by atoms with Crippen molar-refractivity contribution in [2.45, 2.75) is 83.1 Å². The predicted molar refractivity (Wildman–Crippen MR) is 249 cm³/mol.